The van der Waals surface area contributed by atoms with Crippen LogP contribution in [0.4, 0.5) is 0 Å². The molecule has 1 aromatic rings. The maximum absolute atomic E-state index is 13.0. The number of hydrogen-bond acceptors (Lipinski definition) is 3. The Labute approximate surface area is 149 Å². The van der Waals surface area contributed by atoms with E-state index in [0.717, 1.165) is 5.56 Å². The fourth-order valence-corrected chi connectivity index (χ4v) is 3.11. The smallest absolute Gasteiger partial charge is 0.311 e. The Kier molecular flexibility index (Phi) is 5.28. The molecular formula is C19H26ClNO3. The molecule has 132 valence electrons. The average molecular weight is 352 g/mol. The number of amides is 1. The molecule has 1 amide bonds. The van der Waals surface area contributed by atoms with Crippen LogP contribution in [0.25, 0.3) is 0 Å². The number of hydrogen-bond donors (Lipinski definition) is 0. The molecule has 0 bridgehead atoms. The molecule has 2 rings (SSSR count). The minimum Gasteiger partial charge on any atom is -0.460 e. The monoisotopic (exact) mass is 351 g/mol. The molecular weight excluding hydrogens is 326 g/mol. The van der Waals surface area contributed by atoms with Crippen LogP contribution < -0.4 is 0 Å². The highest BCUT2D eigenvalue weighted by Crippen LogP contribution is 2.30. The van der Waals surface area contributed by atoms with Crippen molar-refractivity contribution >= 4 is 23.5 Å². The summed E-state index contributed by atoms with van der Waals surface area (Å²) in [5.41, 5.74) is -0.317. The van der Waals surface area contributed by atoms with Gasteiger partial charge >= 0.3 is 5.97 Å². The number of likely N-dealkylation sites (tertiary alicyclic amines) is 1. The van der Waals surface area contributed by atoms with Crippen molar-refractivity contribution in [2.45, 2.75) is 52.1 Å². The Hall–Kier alpha value is -1.55. The highest BCUT2D eigenvalue weighted by atomic mass is 35.5. The molecule has 24 heavy (non-hydrogen) atoms. The van der Waals surface area contributed by atoms with Crippen molar-refractivity contribution in [3.63, 3.8) is 0 Å². The molecule has 1 aliphatic rings. The van der Waals surface area contributed by atoms with E-state index in [2.05, 4.69) is 0 Å². The molecule has 1 aromatic carbocycles. The van der Waals surface area contributed by atoms with Crippen LogP contribution in [-0.4, -0.2) is 35.5 Å². The van der Waals surface area contributed by atoms with E-state index in [9.17, 15) is 9.59 Å². The molecule has 1 heterocycles. The summed E-state index contributed by atoms with van der Waals surface area (Å²) < 4.78 is 5.44. The van der Waals surface area contributed by atoms with Gasteiger partial charge in [0.25, 0.3) is 0 Å². The second kappa shape index (κ2) is 6.75. The Morgan fingerprint density at radius 1 is 1.21 bits per heavy atom. The second-order valence-electron chi connectivity index (χ2n) is 7.91. The van der Waals surface area contributed by atoms with Crippen molar-refractivity contribution in [3.8, 4) is 0 Å². The van der Waals surface area contributed by atoms with Crippen LogP contribution in [0.2, 0.25) is 5.02 Å². The topological polar surface area (TPSA) is 46.6 Å². The Bertz CT molecular complexity index is 634. The van der Waals surface area contributed by atoms with Crippen LogP contribution in [0.5, 0.6) is 0 Å². The first kappa shape index (κ1) is 18.8. The quantitative estimate of drug-likeness (QED) is 0.778. The molecule has 1 atom stereocenters. The van der Waals surface area contributed by atoms with Gasteiger partial charge in [-0.3, -0.25) is 9.59 Å². The molecule has 1 unspecified atom stereocenters. The fraction of sp³-hybridized carbons (Fsp3) is 0.579. The molecule has 0 saturated carbocycles. The van der Waals surface area contributed by atoms with E-state index in [4.69, 9.17) is 16.3 Å². The van der Waals surface area contributed by atoms with Crippen molar-refractivity contribution in [1.82, 2.24) is 4.90 Å². The minimum atomic E-state index is -0.687. The van der Waals surface area contributed by atoms with Crippen molar-refractivity contribution in [2.75, 3.05) is 13.1 Å². The molecule has 1 fully saturated rings. The van der Waals surface area contributed by atoms with Crippen molar-refractivity contribution < 1.29 is 14.3 Å². The molecule has 0 radical (unpaired) electrons. The van der Waals surface area contributed by atoms with Gasteiger partial charge < -0.3 is 9.64 Å². The van der Waals surface area contributed by atoms with Gasteiger partial charge in [0.2, 0.25) is 5.91 Å². The Morgan fingerprint density at radius 3 is 2.46 bits per heavy atom. The third-order valence-electron chi connectivity index (χ3n) is 4.30. The lowest BCUT2D eigenvalue weighted by Gasteiger charge is -2.30. The van der Waals surface area contributed by atoms with Gasteiger partial charge in [-0.1, -0.05) is 23.7 Å². The number of rotatable bonds is 3. The SMILES string of the molecule is CC(C)(C)OC(=O)C1CCN(C(=O)C(C)(C)c2cccc(Cl)c2)C1. The molecule has 1 aliphatic heterocycles. The lowest BCUT2D eigenvalue weighted by Crippen LogP contribution is -2.43. The summed E-state index contributed by atoms with van der Waals surface area (Å²) in [6.45, 7) is 10.3. The third-order valence-corrected chi connectivity index (χ3v) is 4.53. The molecule has 0 aromatic heterocycles. The van der Waals surface area contributed by atoms with E-state index in [1.54, 1.807) is 11.0 Å². The van der Waals surface area contributed by atoms with Crippen LogP contribution in [0.1, 0.15) is 46.6 Å². The van der Waals surface area contributed by atoms with Gasteiger partial charge in [0, 0.05) is 18.1 Å². The first-order valence-corrected chi connectivity index (χ1v) is 8.67. The number of esters is 1. The summed E-state index contributed by atoms with van der Waals surface area (Å²) in [5.74, 6) is -0.461. The Morgan fingerprint density at radius 2 is 1.88 bits per heavy atom. The van der Waals surface area contributed by atoms with Crippen molar-refractivity contribution in [3.05, 3.63) is 34.9 Å². The summed E-state index contributed by atoms with van der Waals surface area (Å²) in [5, 5.41) is 0.612. The van der Waals surface area contributed by atoms with Gasteiger partial charge in [0.1, 0.15) is 5.60 Å². The second-order valence-corrected chi connectivity index (χ2v) is 8.34. The lowest BCUT2D eigenvalue weighted by molar-refractivity contribution is -0.159. The van der Waals surface area contributed by atoms with Crippen molar-refractivity contribution in [2.24, 2.45) is 5.92 Å². The van der Waals surface area contributed by atoms with Crippen LogP contribution in [0.15, 0.2) is 24.3 Å². The highest BCUT2D eigenvalue weighted by molar-refractivity contribution is 6.30. The summed E-state index contributed by atoms with van der Waals surface area (Å²) in [6.07, 6.45) is 0.645. The standard InChI is InChI=1S/C19H26ClNO3/c1-18(2,3)24-16(22)13-9-10-21(12-13)17(23)19(4,5)14-7-6-8-15(20)11-14/h6-8,11,13H,9-10,12H2,1-5H3. The Balaban J connectivity index is 2.07. The summed E-state index contributed by atoms with van der Waals surface area (Å²) in [6, 6.07) is 7.37. The zero-order valence-electron chi connectivity index (χ0n) is 15.1. The minimum absolute atomic E-state index is 0.0100. The van der Waals surface area contributed by atoms with Gasteiger partial charge in [-0.25, -0.2) is 0 Å². The van der Waals surface area contributed by atoms with Gasteiger partial charge in [0.05, 0.1) is 11.3 Å². The van der Waals surface area contributed by atoms with E-state index in [1.807, 2.05) is 52.8 Å². The molecule has 0 N–H and O–H groups in total. The van der Waals surface area contributed by atoms with Crippen LogP contribution >= 0.6 is 11.6 Å². The van der Waals surface area contributed by atoms with Gasteiger partial charge in [-0.2, -0.15) is 0 Å². The van der Waals surface area contributed by atoms with E-state index in [1.165, 1.54) is 0 Å². The maximum Gasteiger partial charge on any atom is 0.311 e. The summed E-state index contributed by atoms with van der Waals surface area (Å²) in [7, 11) is 0. The zero-order valence-corrected chi connectivity index (χ0v) is 15.8. The van der Waals surface area contributed by atoms with E-state index in [0.29, 0.717) is 24.5 Å². The van der Waals surface area contributed by atoms with Crippen LogP contribution in [-0.2, 0) is 19.7 Å². The number of carbonyl (C=O) groups excluding carboxylic acids is 2. The number of carbonyl (C=O) groups is 2. The van der Waals surface area contributed by atoms with Crippen LogP contribution in [0.3, 0.4) is 0 Å². The number of ether oxygens (including phenoxy) is 1. The van der Waals surface area contributed by atoms with Crippen LogP contribution in [0, 0.1) is 5.92 Å². The maximum atomic E-state index is 13.0. The average Bonchev–Trinajstić information content (AvgIpc) is 2.94. The number of nitrogens with zero attached hydrogens (tertiary/aromatic N) is 1. The van der Waals surface area contributed by atoms with Gasteiger partial charge in [-0.05, 0) is 58.7 Å². The first-order chi connectivity index (χ1) is 11.0. The predicted molar refractivity (Wildman–Crippen MR) is 95.0 cm³/mol. The fourth-order valence-electron chi connectivity index (χ4n) is 2.92. The van der Waals surface area contributed by atoms with E-state index in [-0.39, 0.29) is 17.8 Å². The molecule has 4 nitrogen and oxygen atoms in total. The van der Waals surface area contributed by atoms with E-state index < -0.39 is 11.0 Å². The summed E-state index contributed by atoms with van der Waals surface area (Å²) in [4.78, 5) is 26.9. The first-order valence-electron chi connectivity index (χ1n) is 8.29. The number of halogens is 1. The molecule has 5 heteroatoms. The molecule has 0 spiro atoms. The normalized spacial score (nSPS) is 18.6. The van der Waals surface area contributed by atoms with Crippen molar-refractivity contribution in [1.29, 1.82) is 0 Å². The third kappa shape index (κ3) is 4.29. The van der Waals surface area contributed by atoms with Gasteiger partial charge in [0.15, 0.2) is 0 Å². The summed E-state index contributed by atoms with van der Waals surface area (Å²) >= 11 is 6.06. The highest BCUT2D eigenvalue weighted by Gasteiger charge is 2.40. The molecule has 0 aliphatic carbocycles. The number of benzene rings is 1. The predicted octanol–water partition coefficient (Wildman–Crippen LogP) is 3.81. The molecule has 1 saturated heterocycles. The van der Waals surface area contributed by atoms with Gasteiger partial charge in [-0.15, -0.1) is 0 Å². The van der Waals surface area contributed by atoms with E-state index >= 15 is 0 Å². The zero-order chi connectivity index (χ0) is 18.1. The lowest BCUT2D eigenvalue weighted by atomic mass is 9.83. The largest absolute Gasteiger partial charge is 0.460 e.